The zero-order valence-electron chi connectivity index (χ0n) is 18.9. The maximum Gasteiger partial charge on any atom is 0.0948 e. The van der Waals surface area contributed by atoms with Crippen molar-refractivity contribution in [3.8, 4) is 0 Å². The minimum atomic E-state index is -0.357. The van der Waals surface area contributed by atoms with Crippen molar-refractivity contribution >= 4 is 0 Å². The van der Waals surface area contributed by atoms with Gasteiger partial charge in [0, 0.05) is 13.0 Å². The lowest BCUT2D eigenvalue weighted by atomic mass is 9.77. The second-order valence-electron chi connectivity index (χ2n) is 8.14. The van der Waals surface area contributed by atoms with Crippen LogP contribution in [0.15, 0.2) is 91.0 Å². The Morgan fingerprint density at radius 3 is 1.30 bits per heavy atom. The van der Waals surface area contributed by atoms with Crippen LogP contribution in [0.2, 0.25) is 0 Å². The first-order valence-corrected chi connectivity index (χ1v) is 11.5. The largest absolute Gasteiger partial charge is 0.324 e. The van der Waals surface area contributed by atoms with Crippen LogP contribution in [0.25, 0.3) is 0 Å². The second kappa shape index (κ2) is 10.6. The Bertz CT molecular complexity index is 750. The molecule has 3 rings (SSSR count). The van der Waals surface area contributed by atoms with Gasteiger partial charge in [0.1, 0.15) is 0 Å². The maximum atomic E-state index is 4.02. The van der Waals surface area contributed by atoms with Gasteiger partial charge in [0.25, 0.3) is 0 Å². The van der Waals surface area contributed by atoms with Crippen molar-refractivity contribution < 1.29 is 4.48 Å². The van der Waals surface area contributed by atoms with Gasteiger partial charge in [-0.2, -0.15) is 0 Å². The van der Waals surface area contributed by atoms with Gasteiger partial charge in [0.2, 0.25) is 0 Å². The summed E-state index contributed by atoms with van der Waals surface area (Å²) in [5.41, 5.74) is 3.49. The van der Waals surface area contributed by atoms with Crippen LogP contribution in [0, 0.1) is 0 Å². The molecule has 3 aromatic rings. The van der Waals surface area contributed by atoms with E-state index >= 15 is 0 Å². The van der Waals surface area contributed by atoms with E-state index in [9.17, 15) is 0 Å². The quantitative estimate of drug-likeness (QED) is 0.242. The molecule has 0 saturated carbocycles. The van der Waals surface area contributed by atoms with E-state index < -0.39 is 0 Å². The van der Waals surface area contributed by atoms with Crippen LogP contribution in [0.3, 0.4) is 0 Å². The topological polar surface area (TPSA) is 12.0 Å². The summed E-state index contributed by atoms with van der Waals surface area (Å²) in [4.78, 5) is 0. The Morgan fingerprint density at radius 1 is 0.600 bits per heavy atom. The van der Waals surface area contributed by atoms with Gasteiger partial charge in [-0.25, -0.2) is 0 Å². The molecule has 2 heteroatoms. The summed E-state index contributed by atoms with van der Waals surface area (Å²) in [6, 6.07) is 32.6. The summed E-state index contributed by atoms with van der Waals surface area (Å²) < 4.78 is 1.19. The minimum absolute atomic E-state index is 0.357. The molecular weight excluding hydrogens is 364 g/mol. The highest BCUT2D eigenvalue weighted by Crippen LogP contribution is 2.36. The van der Waals surface area contributed by atoms with Crippen LogP contribution in [0.1, 0.15) is 43.9 Å². The molecule has 0 unspecified atom stereocenters. The number of rotatable bonds is 11. The van der Waals surface area contributed by atoms with E-state index in [4.69, 9.17) is 0 Å². The molecule has 0 aromatic heterocycles. The molecule has 2 nitrogen and oxygen atoms in total. The zero-order chi connectivity index (χ0) is 21.3. The Hall–Kier alpha value is -2.42. The van der Waals surface area contributed by atoms with Crippen LogP contribution in [-0.4, -0.2) is 37.2 Å². The molecule has 0 radical (unpaired) electrons. The van der Waals surface area contributed by atoms with Crippen molar-refractivity contribution in [1.29, 1.82) is 0 Å². The fraction of sp³-hybridized carbons (Fsp3) is 0.357. The number of quaternary nitrogens is 1. The lowest BCUT2D eigenvalue weighted by molar-refractivity contribution is -0.923. The fourth-order valence-corrected chi connectivity index (χ4v) is 4.71. The smallest absolute Gasteiger partial charge is 0.0948 e. The molecule has 0 aliphatic rings. The third kappa shape index (κ3) is 4.66. The van der Waals surface area contributed by atoms with Crippen molar-refractivity contribution in [3.63, 3.8) is 0 Å². The van der Waals surface area contributed by atoms with E-state index in [1.54, 1.807) is 0 Å². The zero-order valence-corrected chi connectivity index (χ0v) is 18.9. The summed E-state index contributed by atoms with van der Waals surface area (Å²) in [5.74, 6) is 0. The monoisotopic (exact) mass is 401 g/mol. The van der Waals surface area contributed by atoms with Gasteiger partial charge in [-0.15, -0.1) is 0 Å². The normalized spacial score (nSPS) is 12.1. The molecular formula is C28H37N2+. The molecule has 0 aliphatic carbocycles. The Labute approximate surface area is 183 Å². The standard InChI is InChI=1S/C28H37N2/c1-4-30(5-2,6-3)24-16-23-29-28(25-17-10-7-11-18-25,26-19-12-8-13-20-26)27-21-14-9-15-22-27/h7-15,17-22,29H,4-6,16,23-24H2,1-3H3/q+1. The molecule has 1 N–H and O–H groups in total. The van der Waals surface area contributed by atoms with Crippen molar-refractivity contribution in [3.05, 3.63) is 108 Å². The Balaban J connectivity index is 1.97. The van der Waals surface area contributed by atoms with E-state index in [1.165, 1.54) is 47.4 Å². The van der Waals surface area contributed by atoms with Gasteiger partial charge >= 0.3 is 0 Å². The fourth-order valence-electron chi connectivity index (χ4n) is 4.71. The summed E-state index contributed by atoms with van der Waals surface area (Å²) in [6.07, 6.45) is 1.16. The molecule has 0 spiro atoms. The van der Waals surface area contributed by atoms with Gasteiger partial charge in [-0.05, 0) is 37.5 Å². The van der Waals surface area contributed by atoms with Gasteiger partial charge in [0.05, 0.1) is 31.7 Å². The molecule has 158 valence electrons. The van der Waals surface area contributed by atoms with Crippen molar-refractivity contribution in [2.24, 2.45) is 0 Å². The predicted octanol–water partition coefficient (Wildman–Crippen LogP) is 5.83. The summed E-state index contributed by atoms with van der Waals surface area (Å²) >= 11 is 0. The number of benzene rings is 3. The molecule has 0 heterocycles. The first-order chi connectivity index (χ1) is 14.7. The Kier molecular flexibility index (Phi) is 7.84. The first kappa shape index (κ1) is 22.3. The van der Waals surface area contributed by atoms with Crippen molar-refractivity contribution in [1.82, 2.24) is 5.32 Å². The van der Waals surface area contributed by atoms with Gasteiger partial charge in [0.15, 0.2) is 0 Å². The van der Waals surface area contributed by atoms with Crippen molar-refractivity contribution in [2.45, 2.75) is 32.7 Å². The summed E-state index contributed by atoms with van der Waals surface area (Å²) in [5, 5.41) is 4.02. The molecule has 0 bridgehead atoms. The van der Waals surface area contributed by atoms with E-state index in [1.807, 2.05) is 0 Å². The van der Waals surface area contributed by atoms with Crippen molar-refractivity contribution in [2.75, 3.05) is 32.7 Å². The average Bonchev–Trinajstić information content (AvgIpc) is 2.84. The number of nitrogens with zero attached hydrogens (tertiary/aromatic N) is 1. The van der Waals surface area contributed by atoms with E-state index in [0.717, 1.165) is 13.0 Å². The summed E-state index contributed by atoms with van der Waals surface area (Å²) in [6.45, 7) is 12.8. The van der Waals surface area contributed by atoms with E-state index in [2.05, 4.69) is 117 Å². The number of nitrogens with one attached hydrogen (secondary N) is 1. The van der Waals surface area contributed by atoms with E-state index in [-0.39, 0.29) is 5.54 Å². The van der Waals surface area contributed by atoms with Gasteiger partial charge in [-0.3, -0.25) is 5.32 Å². The first-order valence-electron chi connectivity index (χ1n) is 11.5. The summed E-state index contributed by atoms with van der Waals surface area (Å²) in [7, 11) is 0. The second-order valence-corrected chi connectivity index (χ2v) is 8.14. The highest BCUT2D eigenvalue weighted by molar-refractivity contribution is 5.49. The lowest BCUT2D eigenvalue weighted by Gasteiger charge is -2.39. The molecule has 0 aliphatic heterocycles. The predicted molar refractivity (Wildman–Crippen MR) is 129 cm³/mol. The lowest BCUT2D eigenvalue weighted by Crippen LogP contribution is -2.50. The van der Waals surface area contributed by atoms with Crippen LogP contribution in [0.4, 0.5) is 0 Å². The molecule has 0 amide bonds. The van der Waals surface area contributed by atoms with Crippen LogP contribution >= 0.6 is 0 Å². The molecule has 30 heavy (non-hydrogen) atoms. The maximum absolute atomic E-state index is 4.02. The highest BCUT2D eigenvalue weighted by Gasteiger charge is 2.35. The average molecular weight is 402 g/mol. The minimum Gasteiger partial charge on any atom is -0.324 e. The van der Waals surface area contributed by atoms with Gasteiger partial charge in [-0.1, -0.05) is 91.0 Å². The molecule has 0 saturated heterocycles. The van der Waals surface area contributed by atoms with Gasteiger partial charge < -0.3 is 4.48 Å². The van der Waals surface area contributed by atoms with Crippen LogP contribution < -0.4 is 5.32 Å². The van der Waals surface area contributed by atoms with E-state index in [0.29, 0.717) is 0 Å². The number of hydrogen-bond donors (Lipinski definition) is 1. The molecule has 0 fully saturated rings. The molecule has 0 atom stereocenters. The third-order valence-corrected chi connectivity index (χ3v) is 6.83. The van der Waals surface area contributed by atoms with Crippen LogP contribution in [0.5, 0.6) is 0 Å². The SMILES string of the molecule is CC[N+](CC)(CC)CCCNC(c1ccccc1)(c1ccccc1)c1ccccc1. The number of hydrogen-bond acceptors (Lipinski definition) is 1. The van der Waals surface area contributed by atoms with Crippen LogP contribution in [-0.2, 0) is 5.54 Å². The Morgan fingerprint density at radius 2 is 0.967 bits per heavy atom. The molecule has 3 aromatic carbocycles. The third-order valence-electron chi connectivity index (χ3n) is 6.83. The highest BCUT2D eigenvalue weighted by atomic mass is 15.3.